The molecule has 98 valence electrons. The van der Waals surface area contributed by atoms with Crippen LogP contribution in [-0.2, 0) is 25.7 Å². The number of aryl methyl sites for hydroxylation is 4. The number of pyridine rings is 1. The molecule has 0 unspecified atom stereocenters. The Balaban J connectivity index is 1.91. The van der Waals surface area contributed by atoms with Gasteiger partial charge in [0.15, 0.2) is 0 Å². The second-order valence-corrected chi connectivity index (χ2v) is 5.55. The van der Waals surface area contributed by atoms with Crippen molar-refractivity contribution in [1.29, 1.82) is 0 Å². The fourth-order valence-corrected chi connectivity index (χ4v) is 3.19. The van der Waals surface area contributed by atoms with Crippen molar-refractivity contribution in [3.63, 3.8) is 0 Å². The van der Waals surface area contributed by atoms with Crippen LogP contribution in [0, 0.1) is 0 Å². The lowest BCUT2D eigenvalue weighted by atomic mass is 9.95. The van der Waals surface area contributed by atoms with Gasteiger partial charge in [0.1, 0.15) is 0 Å². The van der Waals surface area contributed by atoms with Crippen molar-refractivity contribution >= 4 is 10.8 Å². The summed E-state index contributed by atoms with van der Waals surface area (Å²) < 4.78 is 0. The molecule has 1 aromatic heterocycles. The molecule has 0 fully saturated rings. The maximum atomic E-state index is 4.78. The van der Waals surface area contributed by atoms with E-state index < -0.39 is 0 Å². The second-order valence-electron chi connectivity index (χ2n) is 5.55. The predicted octanol–water partition coefficient (Wildman–Crippen LogP) is 4.12. The summed E-state index contributed by atoms with van der Waals surface area (Å²) in [6, 6.07) is 19.9. The normalized spacial score (nSPS) is 14.2. The molecule has 0 saturated carbocycles. The van der Waals surface area contributed by atoms with Crippen LogP contribution in [0.1, 0.15) is 22.5 Å². The largest absolute Gasteiger partial charge is 0.258 e. The molecule has 0 amide bonds. The topological polar surface area (TPSA) is 12.9 Å². The van der Waals surface area contributed by atoms with E-state index in [1.807, 2.05) is 0 Å². The van der Waals surface area contributed by atoms with Gasteiger partial charge in [0.05, 0.1) is 0 Å². The molecule has 3 heterocycles. The van der Waals surface area contributed by atoms with Gasteiger partial charge in [0.2, 0.25) is 0 Å². The first-order valence-electron chi connectivity index (χ1n) is 7.34. The maximum Gasteiger partial charge on any atom is 0.0410 e. The number of hydrogen-bond donors (Lipinski definition) is 0. The van der Waals surface area contributed by atoms with Crippen molar-refractivity contribution in [2.45, 2.75) is 25.7 Å². The minimum Gasteiger partial charge on any atom is -0.258 e. The van der Waals surface area contributed by atoms with E-state index in [2.05, 4.69) is 54.6 Å². The molecule has 0 N–H and O–H groups in total. The number of nitrogens with zero attached hydrogens (tertiary/aromatic N) is 1. The van der Waals surface area contributed by atoms with E-state index in [0.717, 1.165) is 25.7 Å². The van der Waals surface area contributed by atoms with Gasteiger partial charge in [-0.1, -0.05) is 42.5 Å². The third kappa shape index (κ3) is 2.00. The Morgan fingerprint density at radius 1 is 0.550 bits per heavy atom. The summed E-state index contributed by atoms with van der Waals surface area (Å²) in [5.41, 5.74) is 5.32. The summed E-state index contributed by atoms with van der Waals surface area (Å²) in [5.74, 6) is 0. The molecule has 3 aromatic rings. The van der Waals surface area contributed by atoms with Crippen LogP contribution >= 0.6 is 0 Å². The highest BCUT2D eigenvalue weighted by Crippen LogP contribution is 2.25. The van der Waals surface area contributed by atoms with Crippen LogP contribution in [0.25, 0.3) is 10.8 Å². The number of aromatic nitrogens is 1. The highest BCUT2D eigenvalue weighted by atomic mass is 14.7. The van der Waals surface area contributed by atoms with Gasteiger partial charge < -0.3 is 0 Å². The van der Waals surface area contributed by atoms with Gasteiger partial charge in [-0.25, -0.2) is 0 Å². The average molecular weight is 259 g/mol. The van der Waals surface area contributed by atoms with E-state index in [9.17, 15) is 0 Å². The van der Waals surface area contributed by atoms with Gasteiger partial charge in [-0.15, -0.1) is 0 Å². The molecular formula is C19H17N. The minimum absolute atomic E-state index is 1.02. The van der Waals surface area contributed by atoms with E-state index in [1.165, 1.54) is 33.3 Å². The van der Waals surface area contributed by atoms with Crippen molar-refractivity contribution in [1.82, 2.24) is 4.98 Å². The maximum absolute atomic E-state index is 4.78. The molecule has 4 bridgehead atoms. The standard InChI is InChI=1S/C19H17N/c1-2-7-19-15-9-8-14(18(19)6-1)10-12-16-4-3-5-17(20-16)13-11-15/h1-9H,10-13H2. The lowest BCUT2D eigenvalue weighted by Gasteiger charge is -2.10. The molecule has 20 heavy (non-hydrogen) atoms. The monoisotopic (exact) mass is 259 g/mol. The Kier molecular flexibility index (Phi) is 2.77. The van der Waals surface area contributed by atoms with Gasteiger partial charge in [-0.2, -0.15) is 0 Å². The van der Waals surface area contributed by atoms with Crippen molar-refractivity contribution in [3.8, 4) is 0 Å². The summed E-state index contributed by atoms with van der Waals surface area (Å²) >= 11 is 0. The second kappa shape index (κ2) is 4.75. The third-order valence-corrected chi connectivity index (χ3v) is 4.27. The van der Waals surface area contributed by atoms with E-state index in [4.69, 9.17) is 4.98 Å². The SMILES string of the molecule is c1cc2nc(c1)CCc1ccc(c3ccccc13)CC2. The lowest BCUT2D eigenvalue weighted by molar-refractivity contribution is 0.870. The molecule has 2 aliphatic rings. The predicted molar refractivity (Wildman–Crippen MR) is 83.0 cm³/mol. The molecule has 0 radical (unpaired) electrons. The van der Waals surface area contributed by atoms with Crippen LogP contribution in [0.2, 0.25) is 0 Å². The van der Waals surface area contributed by atoms with Crippen LogP contribution in [0.5, 0.6) is 0 Å². The Hall–Kier alpha value is -2.15. The molecule has 0 aliphatic carbocycles. The Labute approximate surface area is 119 Å². The van der Waals surface area contributed by atoms with Crippen LogP contribution < -0.4 is 0 Å². The molecular weight excluding hydrogens is 242 g/mol. The van der Waals surface area contributed by atoms with Crippen molar-refractivity contribution < 1.29 is 0 Å². The van der Waals surface area contributed by atoms with Crippen molar-refractivity contribution in [2.75, 3.05) is 0 Å². The van der Waals surface area contributed by atoms with E-state index in [-0.39, 0.29) is 0 Å². The number of rotatable bonds is 0. The van der Waals surface area contributed by atoms with E-state index in [1.54, 1.807) is 0 Å². The van der Waals surface area contributed by atoms with Crippen LogP contribution in [0.3, 0.4) is 0 Å². The highest BCUT2D eigenvalue weighted by molar-refractivity contribution is 5.88. The lowest BCUT2D eigenvalue weighted by Crippen LogP contribution is -1.97. The summed E-state index contributed by atoms with van der Waals surface area (Å²) in [4.78, 5) is 4.78. The summed E-state index contributed by atoms with van der Waals surface area (Å²) in [6.07, 6.45) is 4.18. The van der Waals surface area contributed by atoms with Gasteiger partial charge >= 0.3 is 0 Å². The molecule has 1 heteroatoms. The first-order valence-corrected chi connectivity index (χ1v) is 7.34. The summed E-state index contributed by atoms with van der Waals surface area (Å²) in [5, 5.41) is 2.83. The molecule has 0 spiro atoms. The molecule has 1 nitrogen and oxygen atoms in total. The molecule has 0 saturated heterocycles. The number of hydrogen-bond acceptors (Lipinski definition) is 1. The van der Waals surface area contributed by atoms with Crippen LogP contribution in [0.4, 0.5) is 0 Å². The summed E-state index contributed by atoms with van der Waals surface area (Å²) in [6.45, 7) is 0. The quantitative estimate of drug-likeness (QED) is 0.592. The zero-order chi connectivity index (χ0) is 13.4. The Bertz CT molecular complexity index is 712. The van der Waals surface area contributed by atoms with Gasteiger partial charge in [0, 0.05) is 11.4 Å². The highest BCUT2D eigenvalue weighted by Gasteiger charge is 2.09. The summed E-state index contributed by atoms with van der Waals surface area (Å²) in [7, 11) is 0. The Morgan fingerprint density at radius 2 is 1.10 bits per heavy atom. The van der Waals surface area contributed by atoms with E-state index in [0.29, 0.717) is 0 Å². The van der Waals surface area contributed by atoms with Gasteiger partial charge in [0.25, 0.3) is 0 Å². The van der Waals surface area contributed by atoms with Gasteiger partial charge in [-0.05, 0) is 59.7 Å². The molecule has 5 rings (SSSR count). The smallest absolute Gasteiger partial charge is 0.0410 e. The van der Waals surface area contributed by atoms with Gasteiger partial charge in [-0.3, -0.25) is 4.98 Å². The minimum atomic E-state index is 1.02. The number of fused-ring (bicyclic) bond motifs is 3. The zero-order valence-corrected chi connectivity index (χ0v) is 11.5. The van der Waals surface area contributed by atoms with E-state index >= 15 is 0 Å². The molecule has 2 aliphatic heterocycles. The fraction of sp³-hybridized carbons (Fsp3) is 0.211. The molecule has 0 atom stereocenters. The molecule has 2 aromatic carbocycles. The fourth-order valence-electron chi connectivity index (χ4n) is 3.19. The first-order chi connectivity index (χ1) is 9.90. The third-order valence-electron chi connectivity index (χ3n) is 4.27. The van der Waals surface area contributed by atoms with Crippen molar-refractivity contribution in [3.05, 3.63) is 77.1 Å². The average Bonchev–Trinajstić information content (AvgIpc) is 2.54. The van der Waals surface area contributed by atoms with Crippen molar-refractivity contribution in [2.24, 2.45) is 0 Å². The van der Waals surface area contributed by atoms with Crippen LogP contribution in [0.15, 0.2) is 54.6 Å². The number of benzene rings is 2. The zero-order valence-electron chi connectivity index (χ0n) is 11.5. The first kappa shape index (κ1) is 11.7. The van der Waals surface area contributed by atoms with Crippen LogP contribution in [-0.4, -0.2) is 4.98 Å². The Morgan fingerprint density at radius 3 is 1.65 bits per heavy atom.